The van der Waals surface area contributed by atoms with Crippen LogP contribution in [0.3, 0.4) is 0 Å². The van der Waals surface area contributed by atoms with Crippen molar-refractivity contribution in [3.63, 3.8) is 0 Å². The normalized spacial score (nSPS) is 14.4. The van der Waals surface area contributed by atoms with Crippen LogP contribution in [0, 0.1) is 0 Å². The van der Waals surface area contributed by atoms with Gasteiger partial charge in [-0.1, -0.05) is 66.7 Å². The van der Waals surface area contributed by atoms with Crippen LogP contribution in [0.25, 0.3) is 5.57 Å². The molecule has 0 amide bonds. The zero-order valence-electron chi connectivity index (χ0n) is 14.7. The molecule has 1 aliphatic heterocycles. The SMILES string of the molecule is O=C(O)C1=CCCN(CCOC=C(c2ccccc2)c2ccccc2)C1. The van der Waals surface area contributed by atoms with E-state index < -0.39 is 5.97 Å². The van der Waals surface area contributed by atoms with Crippen LogP contribution in [0.2, 0.25) is 0 Å². The van der Waals surface area contributed by atoms with E-state index >= 15 is 0 Å². The average molecular weight is 349 g/mol. The molecule has 2 aromatic rings. The predicted octanol–water partition coefficient (Wildman–Crippen LogP) is 3.81. The Morgan fingerprint density at radius 2 is 1.65 bits per heavy atom. The summed E-state index contributed by atoms with van der Waals surface area (Å²) in [6, 6.07) is 20.3. The minimum Gasteiger partial charge on any atom is -0.499 e. The number of aliphatic carboxylic acids is 1. The first kappa shape index (κ1) is 18.0. The number of carboxylic acid groups (broad SMARTS) is 1. The Balaban J connectivity index is 1.63. The summed E-state index contributed by atoms with van der Waals surface area (Å²) in [6.45, 7) is 2.58. The Hall–Kier alpha value is -2.85. The van der Waals surface area contributed by atoms with Crippen molar-refractivity contribution in [2.45, 2.75) is 6.42 Å². The molecule has 0 saturated carbocycles. The second-order valence-electron chi connectivity index (χ2n) is 6.23. The fraction of sp³-hybridized carbons (Fsp3) is 0.227. The Kier molecular flexibility index (Phi) is 6.23. The largest absolute Gasteiger partial charge is 0.499 e. The van der Waals surface area contributed by atoms with Crippen molar-refractivity contribution in [2.75, 3.05) is 26.2 Å². The van der Waals surface area contributed by atoms with E-state index in [2.05, 4.69) is 29.2 Å². The highest BCUT2D eigenvalue weighted by Crippen LogP contribution is 2.23. The number of nitrogens with zero attached hydrogens (tertiary/aromatic N) is 1. The van der Waals surface area contributed by atoms with Gasteiger partial charge in [-0.15, -0.1) is 0 Å². The fourth-order valence-electron chi connectivity index (χ4n) is 3.01. The highest BCUT2D eigenvalue weighted by atomic mass is 16.5. The summed E-state index contributed by atoms with van der Waals surface area (Å²) in [7, 11) is 0. The molecule has 1 N–H and O–H groups in total. The molecule has 0 atom stereocenters. The van der Waals surface area contributed by atoms with Crippen LogP contribution in [0.5, 0.6) is 0 Å². The lowest BCUT2D eigenvalue weighted by molar-refractivity contribution is -0.133. The van der Waals surface area contributed by atoms with E-state index in [1.807, 2.05) is 48.7 Å². The van der Waals surface area contributed by atoms with Crippen LogP contribution in [0.1, 0.15) is 17.5 Å². The first-order valence-electron chi connectivity index (χ1n) is 8.81. The molecule has 3 rings (SSSR count). The van der Waals surface area contributed by atoms with Crippen molar-refractivity contribution in [3.05, 3.63) is 89.7 Å². The number of ether oxygens (including phenoxy) is 1. The quantitative estimate of drug-likeness (QED) is 0.610. The van der Waals surface area contributed by atoms with Gasteiger partial charge in [-0.2, -0.15) is 0 Å². The molecule has 2 aromatic carbocycles. The van der Waals surface area contributed by atoms with E-state index in [4.69, 9.17) is 9.84 Å². The maximum absolute atomic E-state index is 11.1. The van der Waals surface area contributed by atoms with Gasteiger partial charge in [0, 0.05) is 30.8 Å². The van der Waals surface area contributed by atoms with Crippen molar-refractivity contribution in [2.24, 2.45) is 0 Å². The third-order valence-corrected chi connectivity index (χ3v) is 4.40. The smallest absolute Gasteiger partial charge is 0.332 e. The molecule has 1 aliphatic rings. The zero-order valence-corrected chi connectivity index (χ0v) is 14.7. The summed E-state index contributed by atoms with van der Waals surface area (Å²) in [4.78, 5) is 13.2. The number of carbonyl (C=O) groups is 1. The molecule has 0 unspecified atom stereocenters. The van der Waals surface area contributed by atoms with Crippen LogP contribution >= 0.6 is 0 Å². The molecular weight excluding hydrogens is 326 g/mol. The van der Waals surface area contributed by atoms with Gasteiger partial charge in [0.15, 0.2) is 0 Å². The Labute approximate surface area is 154 Å². The topological polar surface area (TPSA) is 49.8 Å². The van der Waals surface area contributed by atoms with Crippen LogP contribution < -0.4 is 0 Å². The summed E-state index contributed by atoms with van der Waals surface area (Å²) < 4.78 is 5.83. The van der Waals surface area contributed by atoms with Gasteiger partial charge >= 0.3 is 5.97 Å². The first-order valence-corrected chi connectivity index (χ1v) is 8.81. The molecule has 0 fully saturated rings. The minimum atomic E-state index is -0.828. The molecule has 0 saturated heterocycles. The molecule has 4 nitrogen and oxygen atoms in total. The van der Waals surface area contributed by atoms with Crippen LogP contribution in [0.15, 0.2) is 78.6 Å². The van der Waals surface area contributed by atoms with E-state index in [0.29, 0.717) is 25.3 Å². The van der Waals surface area contributed by atoms with Gasteiger partial charge in [0.05, 0.1) is 6.26 Å². The van der Waals surface area contributed by atoms with Gasteiger partial charge in [0.25, 0.3) is 0 Å². The molecule has 0 spiro atoms. The Morgan fingerprint density at radius 1 is 1.04 bits per heavy atom. The second-order valence-corrected chi connectivity index (χ2v) is 6.23. The van der Waals surface area contributed by atoms with Crippen LogP contribution in [0.4, 0.5) is 0 Å². The van der Waals surface area contributed by atoms with Crippen LogP contribution in [-0.2, 0) is 9.53 Å². The van der Waals surface area contributed by atoms with E-state index in [1.54, 1.807) is 0 Å². The van der Waals surface area contributed by atoms with Crippen molar-refractivity contribution < 1.29 is 14.6 Å². The summed E-state index contributed by atoms with van der Waals surface area (Å²) in [5.41, 5.74) is 3.72. The van der Waals surface area contributed by atoms with E-state index in [-0.39, 0.29) is 0 Å². The molecule has 0 bridgehead atoms. The predicted molar refractivity (Wildman–Crippen MR) is 103 cm³/mol. The van der Waals surface area contributed by atoms with E-state index in [1.165, 1.54) is 0 Å². The molecule has 26 heavy (non-hydrogen) atoms. The van der Waals surface area contributed by atoms with Crippen molar-refractivity contribution in [1.82, 2.24) is 4.90 Å². The van der Waals surface area contributed by atoms with Gasteiger partial charge < -0.3 is 9.84 Å². The van der Waals surface area contributed by atoms with Crippen LogP contribution in [-0.4, -0.2) is 42.2 Å². The molecule has 0 radical (unpaired) electrons. The molecule has 4 heteroatoms. The van der Waals surface area contributed by atoms with Gasteiger partial charge in [0.1, 0.15) is 6.61 Å². The van der Waals surface area contributed by atoms with Crippen molar-refractivity contribution in [3.8, 4) is 0 Å². The summed E-state index contributed by atoms with van der Waals surface area (Å²) in [6.07, 6.45) is 4.39. The number of benzene rings is 2. The fourth-order valence-corrected chi connectivity index (χ4v) is 3.01. The maximum atomic E-state index is 11.1. The average Bonchev–Trinajstić information content (AvgIpc) is 2.69. The summed E-state index contributed by atoms with van der Waals surface area (Å²) in [5.74, 6) is -0.828. The molecule has 1 heterocycles. The number of hydrogen-bond donors (Lipinski definition) is 1. The summed E-state index contributed by atoms with van der Waals surface area (Å²) in [5, 5.41) is 9.12. The standard InChI is InChI=1S/C22H23NO3/c24-22(25)20-12-7-13-23(16-20)14-15-26-17-21(18-8-3-1-4-9-18)19-10-5-2-6-11-19/h1-6,8-12,17H,7,13-16H2,(H,24,25). The highest BCUT2D eigenvalue weighted by Gasteiger charge is 2.16. The third-order valence-electron chi connectivity index (χ3n) is 4.40. The number of carboxylic acids is 1. The lowest BCUT2D eigenvalue weighted by atomic mass is 9.99. The number of hydrogen-bond acceptors (Lipinski definition) is 3. The van der Waals surface area contributed by atoms with Crippen molar-refractivity contribution >= 4 is 11.5 Å². The monoisotopic (exact) mass is 349 g/mol. The lowest BCUT2D eigenvalue weighted by Gasteiger charge is -2.25. The van der Waals surface area contributed by atoms with Gasteiger partial charge in [-0.05, 0) is 17.5 Å². The van der Waals surface area contributed by atoms with Gasteiger partial charge in [-0.25, -0.2) is 4.79 Å². The summed E-state index contributed by atoms with van der Waals surface area (Å²) >= 11 is 0. The number of rotatable bonds is 7. The van der Waals surface area contributed by atoms with Gasteiger partial charge in [0.2, 0.25) is 0 Å². The Morgan fingerprint density at radius 3 is 2.23 bits per heavy atom. The molecule has 0 aliphatic carbocycles. The Bertz CT molecular complexity index is 740. The molecule has 0 aromatic heterocycles. The maximum Gasteiger partial charge on any atom is 0.332 e. The zero-order chi connectivity index (χ0) is 18.2. The second kappa shape index (κ2) is 9.02. The van der Waals surface area contributed by atoms with E-state index in [0.717, 1.165) is 29.7 Å². The third kappa shape index (κ3) is 4.83. The van der Waals surface area contributed by atoms with E-state index in [9.17, 15) is 4.79 Å². The van der Waals surface area contributed by atoms with Gasteiger partial charge in [-0.3, -0.25) is 4.90 Å². The van der Waals surface area contributed by atoms with Crippen molar-refractivity contribution in [1.29, 1.82) is 0 Å². The molecular formula is C22H23NO3. The highest BCUT2D eigenvalue weighted by molar-refractivity contribution is 5.87. The minimum absolute atomic E-state index is 0.473. The lowest BCUT2D eigenvalue weighted by Crippen LogP contribution is -2.34. The molecule has 134 valence electrons. The first-order chi connectivity index (χ1) is 12.7.